The summed E-state index contributed by atoms with van der Waals surface area (Å²) >= 11 is 0. The Morgan fingerprint density at radius 2 is 1.86 bits per heavy atom. The predicted octanol–water partition coefficient (Wildman–Crippen LogP) is 3.95. The van der Waals surface area contributed by atoms with E-state index in [4.69, 9.17) is 0 Å². The van der Waals surface area contributed by atoms with Crippen LogP contribution in [0.3, 0.4) is 0 Å². The number of aliphatic imine (C=N–C) groups is 1. The minimum Gasteiger partial charge on any atom is -0.475 e. The lowest BCUT2D eigenvalue weighted by atomic mass is 10.1. The number of piperazine rings is 1. The number of aromatic carboxylic acids is 1. The molecule has 1 aliphatic heterocycles. The number of carbonyl (C=O) groups is 1. The molecule has 1 aromatic heterocycles. The molecule has 2 N–H and O–H groups in total. The number of rotatable bonds is 10. The summed E-state index contributed by atoms with van der Waals surface area (Å²) in [7, 11) is 2.05. The molecule has 2 aromatic rings. The lowest BCUT2D eigenvalue weighted by molar-refractivity contribution is -0.137. The summed E-state index contributed by atoms with van der Waals surface area (Å²) in [6.07, 6.45) is -2.28. The van der Waals surface area contributed by atoms with Gasteiger partial charge in [0.25, 0.3) is 0 Å². The molecule has 0 amide bonds. The summed E-state index contributed by atoms with van der Waals surface area (Å²) in [6, 6.07) is 5.08. The van der Waals surface area contributed by atoms with E-state index in [1.165, 1.54) is 12.1 Å². The molecule has 200 valence electrons. The van der Waals surface area contributed by atoms with Crippen molar-refractivity contribution in [1.29, 1.82) is 0 Å². The molecule has 2 fully saturated rings. The fraction of sp³-hybridized carbons (Fsp3) is 0.520. The number of halogens is 3. The number of carboxylic acids is 1. The summed E-state index contributed by atoms with van der Waals surface area (Å²) in [5.74, 6) is -0.788. The molecule has 9 nitrogen and oxygen atoms in total. The lowest BCUT2D eigenvalue weighted by Crippen LogP contribution is -2.49. The first-order valence-corrected chi connectivity index (χ1v) is 12.3. The average Bonchev–Trinajstić information content (AvgIpc) is 3.70. The highest BCUT2D eigenvalue weighted by atomic mass is 19.4. The van der Waals surface area contributed by atoms with E-state index in [2.05, 4.69) is 43.8 Å². The summed E-state index contributed by atoms with van der Waals surface area (Å²) in [4.78, 5) is 30.6. The van der Waals surface area contributed by atoms with Crippen LogP contribution in [-0.2, 0) is 12.7 Å². The predicted molar refractivity (Wildman–Crippen MR) is 136 cm³/mol. The number of likely N-dealkylation sites (N-methyl/N-ethyl adjacent to an activating group) is 1. The van der Waals surface area contributed by atoms with Crippen LogP contribution in [0.1, 0.15) is 41.5 Å². The molecule has 4 rings (SSSR count). The van der Waals surface area contributed by atoms with Gasteiger partial charge in [-0.2, -0.15) is 13.2 Å². The second-order valence-corrected chi connectivity index (χ2v) is 9.76. The van der Waals surface area contributed by atoms with E-state index in [9.17, 15) is 23.1 Å². The highest BCUT2D eigenvalue weighted by molar-refractivity contribution is 5.87. The molecule has 1 aromatic carbocycles. The Kier molecular flexibility index (Phi) is 7.98. The first-order valence-electron chi connectivity index (χ1n) is 12.3. The fourth-order valence-electron chi connectivity index (χ4n) is 4.42. The van der Waals surface area contributed by atoms with Gasteiger partial charge in [0.15, 0.2) is 11.6 Å². The number of anilines is 2. The zero-order valence-corrected chi connectivity index (χ0v) is 21.0. The van der Waals surface area contributed by atoms with Crippen molar-refractivity contribution in [2.75, 3.05) is 50.1 Å². The number of aromatic nitrogens is 2. The van der Waals surface area contributed by atoms with Crippen molar-refractivity contribution in [2.24, 2.45) is 10.9 Å². The molecule has 0 bridgehead atoms. The van der Waals surface area contributed by atoms with Crippen molar-refractivity contribution < 1.29 is 23.1 Å². The van der Waals surface area contributed by atoms with Crippen molar-refractivity contribution in [3.8, 4) is 0 Å². The van der Waals surface area contributed by atoms with E-state index in [1.807, 2.05) is 11.8 Å². The molecular weight excluding hydrogens is 487 g/mol. The number of benzene rings is 1. The molecular formula is C25H32F3N7O2. The normalized spacial score (nSPS) is 17.9. The second-order valence-electron chi connectivity index (χ2n) is 9.76. The molecule has 0 spiro atoms. The first kappa shape index (κ1) is 26.8. The fourth-order valence-corrected chi connectivity index (χ4v) is 4.42. The van der Waals surface area contributed by atoms with Gasteiger partial charge in [0.05, 0.1) is 12.2 Å². The summed E-state index contributed by atoms with van der Waals surface area (Å²) in [6.45, 7) is 9.65. The Labute approximate surface area is 214 Å². The van der Waals surface area contributed by atoms with E-state index < -0.39 is 23.5 Å². The van der Waals surface area contributed by atoms with Gasteiger partial charge in [-0.15, -0.1) is 0 Å². The van der Waals surface area contributed by atoms with Gasteiger partial charge in [-0.05, 0) is 57.1 Å². The summed E-state index contributed by atoms with van der Waals surface area (Å²) in [5, 5.41) is 13.0. The second kappa shape index (κ2) is 11.0. The van der Waals surface area contributed by atoms with Crippen LogP contribution in [0.4, 0.5) is 30.5 Å². The minimum absolute atomic E-state index is 0.0458. The van der Waals surface area contributed by atoms with Crippen LogP contribution in [0.25, 0.3) is 0 Å². The summed E-state index contributed by atoms with van der Waals surface area (Å²) in [5.41, 5.74) is 0.414. The van der Waals surface area contributed by atoms with Crippen LogP contribution < -0.4 is 10.2 Å². The van der Waals surface area contributed by atoms with Crippen molar-refractivity contribution in [3.05, 3.63) is 41.2 Å². The smallest absolute Gasteiger partial charge is 0.416 e. The third-order valence-corrected chi connectivity index (χ3v) is 6.84. The van der Waals surface area contributed by atoms with Crippen LogP contribution in [0.15, 0.2) is 29.3 Å². The molecule has 0 unspecified atom stereocenters. The van der Waals surface area contributed by atoms with Crippen LogP contribution in [0.2, 0.25) is 0 Å². The zero-order chi connectivity index (χ0) is 26.7. The maximum atomic E-state index is 13.1. The van der Waals surface area contributed by atoms with Crippen LogP contribution in [0.5, 0.6) is 0 Å². The van der Waals surface area contributed by atoms with E-state index >= 15 is 0 Å². The van der Waals surface area contributed by atoms with Crippen molar-refractivity contribution in [1.82, 2.24) is 19.8 Å². The third-order valence-electron chi connectivity index (χ3n) is 6.84. The van der Waals surface area contributed by atoms with Crippen molar-refractivity contribution >= 4 is 30.0 Å². The number of hydrogen-bond donors (Lipinski definition) is 2. The molecule has 1 atom stereocenters. The molecule has 0 radical (unpaired) electrons. The van der Waals surface area contributed by atoms with Gasteiger partial charge in [-0.3, -0.25) is 4.90 Å². The van der Waals surface area contributed by atoms with Crippen LogP contribution in [0, 0.1) is 5.92 Å². The topological polar surface area (TPSA) is 97.2 Å². The van der Waals surface area contributed by atoms with Crippen LogP contribution >= 0.6 is 0 Å². The Morgan fingerprint density at radius 3 is 2.41 bits per heavy atom. The van der Waals surface area contributed by atoms with Gasteiger partial charge in [0.2, 0.25) is 5.82 Å². The quantitative estimate of drug-likeness (QED) is 0.456. The van der Waals surface area contributed by atoms with E-state index in [1.54, 1.807) is 0 Å². The van der Waals surface area contributed by atoms with E-state index in [0.717, 1.165) is 51.2 Å². The largest absolute Gasteiger partial charge is 0.475 e. The zero-order valence-electron chi connectivity index (χ0n) is 21.0. The highest BCUT2D eigenvalue weighted by Crippen LogP contribution is 2.39. The first-order chi connectivity index (χ1) is 17.5. The maximum Gasteiger partial charge on any atom is 0.416 e. The minimum atomic E-state index is -4.42. The monoisotopic (exact) mass is 519 g/mol. The Hall–Kier alpha value is -3.25. The number of alkyl halides is 3. The SMILES string of the molecule is C=Nc1nc(C(=O)O)nc(N[C@H](C)C2CC2)c1N(Cc1ccc(C(F)(F)F)cc1)CN1CCN(C)CC1. The molecule has 2 aliphatic rings. The molecule has 2 heterocycles. The number of hydrogen-bond acceptors (Lipinski definition) is 8. The average molecular weight is 520 g/mol. The highest BCUT2D eigenvalue weighted by Gasteiger charge is 2.32. The molecule has 37 heavy (non-hydrogen) atoms. The Morgan fingerprint density at radius 1 is 1.22 bits per heavy atom. The van der Waals surface area contributed by atoms with Gasteiger partial charge in [0.1, 0.15) is 5.69 Å². The number of carboxylic acid groups (broad SMARTS) is 1. The van der Waals surface area contributed by atoms with Gasteiger partial charge in [-0.25, -0.2) is 19.8 Å². The molecule has 12 heteroatoms. The van der Waals surface area contributed by atoms with Crippen LogP contribution in [-0.4, -0.2) is 83.5 Å². The maximum absolute atomic E-state index is 13.1. The standard InChI is InChI=1S/C25H32F3N7O2/c1-16(18-6-7-18)30-22-20(21(29-2)31-23(32-22)24(36)37)35(15-34-12-10-33(3)11-13-34)14-17-4-8-19(9-5-17)25(26,27)28/h4-5,8-9,16,18H,2,6-7,10-15H2,1,3H3,(H,36,37)(H,30,31,32)/t16-/m1/s1. The van der Waals surface area contributed by atoms with Gasteiger partial charge in [0, 0.05) is 38.8 Å². The summed E-state index contributed by atoms with van der Waals surface area (Å²) < 4.78 is 39.4. The van der Waals surface area contributed by atoms with Crippen molar-refractivity contribution in [3.63, 3.8) is 0 Å². The van der Waals surface area contributed by atoms with E-state index in [0.29, 0.717) is 29.7 Å². The number of nitrogens with one attached hydrogen (secondary N) is 1. The lowest BCUT2D eigenvalue weighted by Gasteiger charge is -2.37. The third kappa shape index (κ3) is 6.75. The van der Waals surface area contributed by atoms with Gasteiger partial charge in [-0.1, -0.05) is 12.1 Å². The van der Waals surface area contributed by atoms with E-state index in [-0.39, 0.29) is 18.4 Å². The molecule has 1 saturated heterocycles. The Bertz CT molecular complexity index is 1110. The van der Waals surface area contributed by atoms with Gasteiger partial charge >= 0.3 is 12.1 Å². The van der Waals surface area contributed by atoms with Crippen molar-refractivity contribution in [2.45, 2.75) is 38.5 Å². The molecule has 1 aliphatic carbocycles. The number of nitrogens with zero attached hydrogens (tertiary/aromatic N) is 6. The Balaban J connectivity index is 1.73. The molecule has 1 saturated carbocycles. The van der Waals surface area contributed by atoms with Gasteiger partial charge < -0.3 is 20.2 Å².